The molecule has 0 radical (unpaired) electrons. The number of amides is 1. The highest BCUT2D eigenvalue weighted by Crippen LogP contribution is 2.22. The first-order valence-corrected chi connectivity index (χ1v) is 9.95. The number of hydrogen-bond donors (Lipinski definition) is 1. The predicted octanol–water partition coefficient (Wildman–Crippen LogP) is 2.67. The summed E-state index contributed by atoms with van der Waals surface area (Å²) in [6.45, 7) is 7.96. The van der Waals surface area contributed by atoms with Crippen LogP contribution in [-0.2, 0) is 11.3 Å². The number of aliphatic hydroxyl groups is 1. The molecule has 0 aromatic heterocycles. The van der Waals surface area contributed by atoms with Gasteiger partial charge < -0.3 is 14.7 Å². The molecule has 3 atom stereocenters. The molecule has 0 unspecified atom stereocenters. The van der Waals surface area contributed by atoms with Crippen LogP contribution in [0.1, 0.15) is 55.5 Å². The fourth-order valence-electron chi connectivity index (χ4n) is 4.31. The summed E-state index contributed by atoms with van der Waals surface area (Å²) in [7, 11) is 0. The normalized spacial score (nSPS) is 27.5. The molecule has 2 fully saturated rings. The highest BCUT2D eigenvalue weighted by atomic mass is 16.5. The summed E-state index contributed by atoms with van der Waals surface area (Å²) in [5, 5.41) is 9.27. The minimum absolute atomic E-state index is 0.100. The van der Waals surface area contributed by atoms with E-state index in [-0.39, 0.29) is 30.8 Å². The van der Waals surface area contributed by atoms with Crippen molar-refractivity contribution >= 4 is 5.91 Å². The molecule has 0 bridgehead atoms. The molecule has 144 valence electrons. The lowest BCUT2D eigenvalue weighted by atomic mass is 9.98. The Morgan fingerprint density at radius 3 is 2.50 bits per heavy atom. The average molecular weight is 360 g/mol. The summed E-state index contributed by atoms with van der Waals surface area (Å²) in [4.78, 5) is 17.3. The van der Waals surface area contributed by atoms with Crippen molar-refractivity contribution in [3.05, 3.63) is 35.4 Å². The summed E-state index contributed by atoms with van der Waals surface area (Å²) < 4.78 is 5.79. The number of likely N-dealkylation sites (tertiary alicyclic amines) is 1. The summed E-state index contributed by atoms with van der Waals surface area (Å²) >= 11 is 0. The molecule has 5 nitrogen and oxygen atoms in total. The van der Waals surface area contributed by atoms with Gasteiger partial charge in [0.05, 0.1) is 12.2 Å². The Bertz CT molecular complexity index is 577. The van der Waals surface area contributed by atoms with Crippen molar-refractivity contribution in [2.75, 3.05) is 26.2 Å². The van der Waals surface area contributed by atoms with Gasteiger partial charge in [-0.05, 0) is 57.2 Å². The van der Waals surface area contributed by atoms with Crippen molar-refractivity contribution in [1.29, 1.82) is 0 Å². The van der Waals surface area contributed by atoms with Gasteiger partial charge in [-0.3, -0.25) is 9.69 Å². The van der Waals surface area contributed by atoms with Gasteiger partial charge in [-0.1, -0.05) is 12.1 Å². The molecule has 1 N–H and O–H groups in total. The number of ether oxygens (including phenoxy) is 1. The molecule has 2 heterocycles. The van der Waals surface area contributed by atoms with Crippen molar-refractivity contribution in [3.8, 4) is 0 Å². The van der Waals surface area contributed by atoms with Gasteiger partial charge in [-0.2, -0.15) is 0 Å². The van der Waals surface area contributed by atoms with Gasteiger partial charge in [0.2, 0.25) is 0 Å². The third-order valence-electron chi connectivity index (χ3n) is 5.45. The Labute approximate surface area is 156 Å². The molecule has 0 aliphatic carbocycles. The van der Waals surface area contributed by atoms with E-state index >= 15 is 0 Å². The molecule has 3 rings (SSSR count). The van der Waals surface area contributed by atoms with Crippen LogP contribution >= 0.6 is 0 Å². The number of rotatable bonds is 5. The Kier molecular flexibility index (Phi) is 6.68. The lowest BCUT2D eigenvalue weighted by Crippen LogP contribution is -2.45. The maximum Gasteiger partial charge on any atom is 0.254 e. The molecule has 1 aromatic rings. The van der Waals surface area contributed by atoms with Gasteiger partial charge in [0.25, 0.3) is 5.91 Å². The predicted molar refractivity (Wildman–Crippen MR) is 102 cm³/mol. The van der Waals surface area contributed by atoms with Crippen LogP contribution < -0.4 is 0 Å². The molecule has 0 spiro atoms. The molecule has 1 amide bonds. The number of carbonyl (C=O) groups excluding carboxylic acids is 1. The summed E-state index contributed by atoms with van der Waals surface area (Å²) in [6.07, 6.45) is 4.40. The van der Waals surface area contributed by atoms with Crippen LogP contribution in [-0.4, -0.2) is 65.3 Å². The van der Waals surface area contributed by atoms with Gasteiger partial charge in [0.1, 0.15) is 0 Å². The smallest absolute Gasteiger partial charge is 0.254 e. The first kappa shape index (κ1) is 19.3. The summed E-state index contributed by atoms with van der Waals surface area (Å²) in [6, 6.07) is 8.23. The Morgan fingerprint density at radius 2 is 1.85 bits per heavy atom. The molecule has 1 aromatic carbocycles. The van der Waals surface area contributed by atoms with Crippen LogP contribution in [0.2, 0.25) is 0 Å². The minimum Gasteiger partial charge on any atom is -0.396 e. The monoisotopic (exact) mass is 360 g/mol. The topological polar surface area (TPSA) is 53.0 Å². The van der Waals surface area contributed by atoms with Crippen molar-refractivity contribution in [2.45, 2.75) is 64.3 Å². The number of hydrogen-bond acceptors (Lipinski definition) is 4. The Balaban J connectivity index is 1.62. The third-order valence-corrected chi connectivity index (χ3v) is 5.45. The van der Waals surface area contributed by atoms with Crippen molar-refractivity contribution in [2.24, 2.45) is 0 Å². The van der Waals surface area contributed by atoms with Gasteiger partial charge in [0, 0.05) is 44.4 Å². The van der Waals surface area contributed by atoms with Crippen LogP contribution in [0.5, 0.6) is 0 Å². The second-order valence-electron chi connectivity index (χ2n) is 7.81. The molecule has 5 heteroatoms. The van der Waals surface area contributed by atoms with Gasteiger partial charge in [-0.15, -0.1) is 0 Å². The van der Waals surface area contributed by atoms with Crippen LogP contribution in [0.25, 0.3) is 0 Å². The van der Waals surface area contributed by atoms with Crippen LogP contribution in [0, 0.1) is 0 Å². The first-order chi connectivity index (χ1) is 12.6. The standard InChI is InChI=1S/C21H32N2O3/c1-16-13-22(14-17(2)26-16)15-18-6-8-19(9-7-18)21(25)23-11-4-3-5-20(23)10-12-24/h6-9,16-17,20,24H,3-5,10-15H2,1-2H3/t16-,17+,20-/m1/s1. The lowest BCUT2D eigenvalue weighted by Gasteiger charge is -2.36. The number of piperidine rings is 1. The quantitative estimate of drug-likeness (QED) is 0.877. The van der Waals surface area contributed by atoms with Gasteiger partial charge in [-0.25, -0.2) is 0 Å². The molecule has 2 saturated heterocycles. The first-order valence-electron chi connectivity index (χ1n) is 9.95. The van der Waals surface area contributed by atoms with E-state index in [0.29, 0.717) is 6.42 Å². The molecular formula is C21H32N2O3. The van der Waals surface area contributed by atoms with E-state index in [1.165, 1.54) is 5.56 Å². The third kappa shape index (κ3) is 4.84. The number of nitrogens with zero attached hydrogens (tertiary/aromatic N) is 2. The van der Waals surface area contributed by atoms with E-state index in [2.05, 4.69) is 30.9 Å². The minimum atomic E-state index is 0.100. The molecule has 2 aliphatic rings. The summed E-state index contributed by atoms with van der Waals surface area (Å²) in [5.41, 5.74) is 1.98. The largest absolute Gasteiger partial charge is 0.396 e. The highest BCUT2D eigenvalue weighted by molar-refractivity contribution is 5.94. The molecule has 2 aliphatic heterocycles. The SMILES string of the molecule is C[C@@H]1CN(Cc2ccc(C(=O)N3CCCC[C@@H]3CCO)cc2)C[C@H](C)O1. The van der Waals surface area contributed by atoms with Crippen molar-refractivity contribution < 1.29 is 14.6 Å². The fraction of sp³-hybridized carbons (Fsp3) is 0.667. The van der Waals surface area contributed by atoms with Crippen LogP contribution in [0.4, 0.5) is 0 Å². The molecule has 0 saturated carbocycles. The van der Waals surface area contributed by atoms with Gasteiger partial charge >= 0.3 is 0 Å². The number of aliphatic hydroxyl groups excluding tert-OH is 1. The maximum absolute atomic E-state index is 12.9. The lowest BCUT2D eigenvalue weighted by molar-refractivity contribution is -0.0704. The number of carbonyl (C=O) groups is 1. The highest BCUT2D eigenvalue weighted by Gasteiger charge is 2.27. The van der Waals surface area contributed by atoms with E-state index < -0.39 is 0 Å². The summed E-state index contributed by atoms with van der Waals surface area (Å²) in [5.74, 6) is 0.100. The van der Waals surface area contributed by atoms with Gasteiger partial charge in [0.15, 0.2) is 0 Å². The molecular weight excluding hydrogens is 328 g/mol. The van der Waals surface area contributed by atoms with E-state index in [1.54, 1.807) is 0 Å². The van der Waals surface area contributed by atoms with Crippen molar-refractivity contribution in [1.82, 2.24) is 9.80 Å². The zero-order valence-electron chi connectivity index (χ0n) is 16.1. The molecule has 26 heavy (non-hydrogen) atoms. The second-order valence-corrected chi connectivity index (χ2v) is 7.81. The van der Waals surface area contributed by atoms with E-state index in [0.717, 1.165) is 51.0 Å². The zero-order chi connectivity index (χ0) is 18.5. The van der Waals surface area contributed by atoms with E-state index in [9.17, 15) is 9.90 Å². The number of morpholine rings is 1. The van der Waals surface area contributed by atoms with E-state index in [4.69, 9.17) is 4.74 Å². The van der Waals surface area contributed by atoms with Crippen LogP contribution in [0.3, 0.4) is 0 Å². The maximum atomic E-state index is 12.9. The Morgan fingerprint density at radius 1 is 1.15 bits per heavy atom. The second kappa shape index (κ2) is 8.98. The Hall–Kier alpha value is -1.43. The fourth-order valence-corrected chi connectivity index (χ4v) is 4.31. The number of benzene rings is 1. The van der Waals surface area contributed by atoms with E-state index in [1.807, 2.05) is 17.0 Å². The van der Waals surface area contributed by atoms with Crippen LogP contribution in [0.15, 0.2) is 24.3 Å². The average Bonchev–Trinajstić information content (AvgIpc) is 2.62. The van der Waals surface area contributed by atoms with Crippen molar-refractivity contribution in [3.63, 3.8) is 0 Å². The zero-order valence-corrected chi connectivity index (χ0v) is 16.1.